The molecule has 0 saturated heterocycles. The largest absolute Gasteiger partial charge is 0.456 e. The van der Waals surface area contributed by atoms with Crippen molar-refractivity contribution in [2.24, 2.45) is 0 Å². The lowest BCUT2D eigenvalue weighted by atomic mass is 10.1. The molecule has 0 spiro atoms. The molecule has 2 aromatic carbocycles. The second-order valence-electron chi connectivity index (χ2n) is 4.81. The molecule has 3 rings (SSSR count). The lowest BCUT2D eigenvalue weighted by Gasteiger charge is -2.17. The van der Waals surface area contributed by atoms with Crippen LogP contribution in [-0.2, 0) is 0 Å². The number of halogens is 1. The first kappa shape index (κ1) is 12.7. The number of alkyl halides is 1. The fraction of sp³-hybridized carbons (Fsp3) is 0.176. The van der Waals surface area contributed by atoms with E-state index in [2.05, 4.69) is 0 Å². The number of benzene rings is 2. The van der Waals surface area contributed by atoms with Crippen LogP contribution in [0.5, 0.6) is 0 Å². The highest BCUT2D eigenvalue weighted by molar-refractivity contribution is 5.82. The molecule has 0 atom stereocenters. The molecule has 3 aromatic rings. The average Bonchev–Trinajstić information content (AvgIpc) is 2.91. The van der Waals surface area contributed by atoms with Crippen LogP contribution in [0.2, 0.25) is 0 Å². The van der Waals surface area contributed by atoms with Gasteiger partial charge in [0.2, 0.25) is 0 Å². The van der Waals surface area contributed by atoms with E-state index in [1.165, 1.54) is 0 Å². The number of nitrogens with zero attached hydrogens (tertiary/aromatic N) is 1. The molecule has 1 aromatic heterocycles. The third-order valence-electron chi connectivity index (χ3n) is 3.44. The molecule has 0 amide bonds. The van der Waals surface area contributed by atoms with Crippen LogP contribution in [0, 0.1) is 0 Å². The first-order valence-electron chi connectivity index (χ1n) is 6.64. The lowest BCUT2D eigenvalue weighted by molar-refractivity contribution is 0.497. The second kappa shape index (κ2) is 5.37. The molecule has 0 N–H and O–H groups in total. The van der Waals surface area contributed by atoms with Gasteiger partial charge in [-0.3, -0.25) is 0 Å². The van der Waals surface area contributed by atoms with Crippen molar-refractivity contribution in [3.63, 3.8) is 0 Å². The van der Waals surface area contributed by atoms with Gasteiger partial charge in [0, 0.05) is 30.2 Å². The van der Waals surface area contributed by atoms with Crippen LogP contribution in [0.3, 0.4) is 0 Å². The summed E-state index contributed by atoms with van der Waals surface area (Å²) in [6, 6.07) is 18.0. The summed E-state index contributed by atoms with van der Waals surface area (Å²) in [5.41, 5.74) is 2.92. The molecule has 0 fully saturated rings. The Hall–Kier alpha value is -2.29. The zero-order chi connectivity index (χ0) is 13.9. The molecule has 1 heterocycles. The summed E-state index contributed by atoms with van der Waals surface area (Å²) in [7, 11) is 1.88. The number of furan rings is 1. The van der Waals surface area contributed by atoms with E-state index in [1.807, 2.05) is 66.5 Å². The van der Waals surface area contributed by atoms with Gasteiger partial charge in [0.05, 0.1) is 0 Å². The minimum atomic E-state index is -0.345. The normalized spacial score (nSPS) is 10.9. The van der Waals surface area contributed by atoms with E-state index in [0.717, 1.165) is 28.0 Å². The van der Waals surface area contributed by atoms with E-state index < -0.39 is 0 Å². The highest BCUT2D eigenvalue weighted by Gasteiger charge is 2.06. The van der Waals surface area contributed by atoms with Crippen molar-refractivity contribution in [2.45, 2.75) is 0 Å². The third kappa shape index (κ3) is 2.39. The summed E-state index contributed by atoms with van der Waals surface area (Å²) in [5.74, 6) is 0.853. The first-order valence-corrected chi connectivity index (χ1v) is 6.64. The van der Waals surface area contributed by atoms with Crippen molar-refractivity contribution < 1.29 is 8.81 Å². The Balaban J connectivity index is 1.90. The molecule has 0 aliphatic carbocycles. The van der Waals surface area contributed by atoms with E-state index >= 15 is 0 Å². The van der Waals surface area contributed by atoms with Gasteiger partial charge in [0.15, 0.2) is 0 Å². The van der Waals surface area contributed by atoms with Crippen LogP contribution in [0.4, 0.5) is 10.1 Å². The molecular weight excluding hydrogens is 253 g/mol. The summed E-state index contributed by atoms with van der Waals surface area (Å²) in [6.45, 7) is 0.0613. The van der Waals surface area contributed by atoms with Gasteiger partial charge >= 0.3 is 0 Å². The monoisotopic (exact) mass is 269 g/mol. The third-order valence-corrected chi connectivity index (χ3v) is 3.44. The quantitative estimate of drug-likeness (QED) is 0.693. The molecule has 20 heavy (non-hydrogen) atoms. The Morgan fingerprint density at radius 2 is 1.80 bits per heavy atom. The topological polar surface area (TPSA) is 16.4 Å². The van der Waals surface area contributed by atoms with Gasteiger partial charge in [-0.2, -0.15) is 0 Å². The van der Waals surface area contributed by atoms with Gasteiger partial charge < -0.3 is 9.32 Å². The summed E-state index contributed by atoms with van der Waals surface area (Å²) in [6.07, 6.45) is 0. The van der Waals surface area contributed by atoms with Gasteiger partial charge in [-0.15, -0.1) is 0 Å². The number of anilines is 1. The van der Waals surface area contributed by atoms with Crippen molar-refractivity contribution in [1.29, 1.82) is 0 Å². The molecule has 0 aliphatic heterocycles. The van der Waals surface area contributed by atoms with Crippen LogP contribution in [0.25, 0.3) is 22.3 Å². The van der Waals surface area contributed by atoms with Crippen LogP contribution in [-0.4, -0.2) is 20.3 Å². The number of rotatable bonds is 4. The molecule has 0 unspecified atom stereocenters. The second-order valence-corrected chi connectivity index (χ2v) is 4.81. The molecular formula is C17H16FNO. The fourth-order valence-corrected chi connectivity index (χ4v) is 2.26. The smallest absolute Gasteiger partial charge is 0.135 e. The summed E-state index contributed by atoms with van der Waals surface area (Å²) in [5, 5.41) is 1.10. The zero-order valence-corrected chi connectivity index (χ0v) is 11.3. The Kier molecular flexibility index (Phi) is 3.42. The zero-order valence-electron chi connectivity index (χ0n) is 11.3. The van der Waals surface area contributed by atoms with Crippen molar-refractivity contribution in [2.75, 3.05) is 25.2 Å². The van der Waals surface area contributed by atoms with Crippen LogP contribution in [0.15, 0.2) is 59.0 Å². The maximum Gasteiger partial charge on any atom is 0.135 e. The van der Waals surface area contributed by atoms with E-state index in [0.29, 0.717) is 6.54 Å². The number of hydrogen-bond donors (Lipinski definition) is 0. The van der Waals surface area contributed by atoms with E-state index in [9.17, 15) is 4.39 Å². The van der Waals surface area contributed by atoms with Gasteiger partial charge in [0.1, 0.15) is 18.0 Å². The minimum Gasteiger partial charge on any atom is -0.456 e. The first-order chi connectivity index (χ1) is 9.78. The predicted octanol–water partition coefficient (Wildman–Crippen LogP) is 4.51. The molecule has 0 saturated carbocycles. The minimum absolute atomic E-state index is 0.345. The van der Waals surface area contributed by atoms with Crippen LogP contribution in [0.1, 0.15) is 0 Å². The average molecular weight is 269 g/mol. The number of hydrogen-bond acceptors (Lipinski definition) is 2. The Morgan fingerprint density at radius 1 is 1.05 bits per heavy atom. The molecule has 0 radical (unpaired) electrons. The summed E-state index contributed by atoms with van der Waals surface area (Å²) >= 11 is 0. The number of para-hydroxylation sites is 1. The molecule has 0 bridgehead atoms. The van der Waals surface area contributed by atoms with E-state index in [4.69, 9.17) is 4.42 Å². The van der Waals surface area contributed by atoms with Crippen LogP contribution >= 0.6 is 0 Å². The Labute approximate surface area is 117 Å². The number of fused-ring (bicyclic) bond motifs is 1. The lowest BCUT2D eigenvalue weighted by Crippen LogP contribution is -2.19. The fourth-order valence-electron chi connectivity index (χ4n) is 2.26. The maximum absolute atomic E-state index is 12.3. The highest BCUT2D eigenvalue weighted by Crippen LogP contribution is 2.28. The Bertz CT molecular complexity index is 669. The Morgan fingerprint density at radius 3 is 2.50 bits per heavy atom. The van der Waals surface area contributed by atoms with Crippen molar-refractivity contribution >= 4 is 16.7 Å². The standard InChI is InChI=1S/C17H16FNO/c1-19(11-10-18)15-8-6-13(7-9-15)17-12-14-4-2-3-5-16(14)20-17/h2-9,12H,10-11H2,1H3. The van der Waals surface area contributed by atoms with Gasteiger partial charge in [-0.25, -0.2) is 4.39 Å². The SMILES string of the molecule is CN(CCF)c1ccc(-c2cc3ccccc3o2)cc1. The molecule has 3 heteroatoms. The van der Waals surface area contributed by atoms with Gasteiger partial charge in [-0.1, -0.05) is 18.2 Å². The molecule has 0 aliphatic rings. The van der Waals surface area contributed by atoms with Crippen molar-refractivity contribution in [3.8, 4) is 11.3 Å². The van der Waals surface area contributed by atoms with Crippen molar-refractivity contribution in [3.05, 3.63) is 54.6 Å². The van der Waals surface area contributed by atoms with Crippen LogP contribution < -0.4 is 4.90 Å². The molecule has 2 nitrogen and oxygen atoms in total. The van der Waals surface area contributed by atoms with Gasteiger partial charge in [-0.05, 0) is 36.4 Å². The summed E-state index contributed by atoms with van der Waals surface area (Å²) < 4.78 is 18.2. The maximum atomic E-state index is 12.3. The predicted molar refractivity (Wildman–Crippen MR) is 80.9 cm³/mol. The molecule has 102 valence electrons. The van der Waals surface area contributed by atoms with E-state index in [-0.39, 0.29) is 6.67 Å². The van der Waals surface area contributed by atoms with Gasteiger partial charge in [0.25, 0.3) is 0 Å². The highest BCUT2D eigenvalue weighted by atomic mass is 19.1. The van der Waals surface area contributed by atoms with Crippen molar-refractivity contribution in [1.82, 2.24) is 0 Å². The summed E-state index contributed by atoms with van der Waals surface area (Å²) in [4.78, 5) is 1.89. The van der Waals surface area contributed by atoms with E-state index in [1.54, 1.807) is 0 Å².